The lowest BCUT2D eigenvalue weighted by atomic mass is 9.86. The van der Waals surface area contributed by atoms with Crippen molar-refractivity contribution in [3.8, 4) is 11.6 Å². The minimum atomic E-state index is -0.110. The predicted molar refractivity (Wildman–Crippen MR) is 77.9 cm³/mol. The van der Waals surface area contributed by atoms with Gasteiger partial charge in [-0.25, -0.2) is 4.68 Å². The molecule has 3 nitrogen and oxygen atoms in total. The zero-order valence-electron chi connectivity index (χ0n) is 12.1. The summed E-state index contributed by atoms with van der Waals surface area (Å²) >= 11 is 0. The standard InChI is InChI=1S/C16H22N2O/c1-5-9-13-14(16(2,3)4)15(19)18(17-13)12-10-7-6-8-11-12/h6-8,10-11,19H,5,9H2,1-4H3. The van der Waals surface area contributed by atoms with Crippen molar-refractivity contribution in [2.45, 2.75) is 46.0 Å². The number of aryl methyl sites for hydroxylation is 1. The average Bonchev–Trinajstić information content (AvgIpc) is 2.67. The van der Waals surface area contributed by atoms with E-state index in [0.717, 1.165) is 29.8 Å². The van der Waals surface area contributed by atoms with Crippen LogP contribution in [0.5, 0.6) is 5.88 Å². The van der Waals surface area contributed by atoms with E-state index in [1.165, 1.54) is 0 Å². The molecule has 2 rings (SSSR count). The maximum atomic E-state index is 10.5. The quantitative estimate of drug-likeness (QED) is 0.908. The number of hydrogen-bond acceptors (Lipinski definition) is 2. The fraction of sp³-hybridized carbons (Fsp3) is 0.438. The normalized spacial score (nSPS) is 11.8. The lowest BCUT2D eigenvalue weighted by Gasteiger charge is -2.18. The first-order valence-corrected chi connectivity index (χ1v) is 6.82. The van der Waals surface area contributed by atoms with Crippen LogP contribution in [0.3, 0.4) is 0 Å². The Labute approximate surface area is 114 Å². The lowest BCUT2D eigenvalue weighted by molar-refractivity contribution is 0.413. The van der Waals surface area contributed by atoms with E-state index >= 15 is 0 Å². The van der Waals surface area contributed by atoms with E-state index in [9.17, 15) is 5.11 Å². The highest BCUT2D eigenvalue weighted by atomic mass is 16.3. The first-order valence-electron chi connectivity index (χ1n) is 6.82. The first-order chi connectivity index (χ1) is 8.95. The lowest BCUT2D eigenvalue weighted by Crippen LogP contribution is -2.13. The van der Waals surface area contributed by atoms with E-state index in [1.807, 2.05) is 30.3 Å². The second kappa shape index (κ2) is 5.08. The number of nitrogens with zero attached hydrogens (tertiary/aromatic N) is 2. The van der Waals surface area contributed by atoms with Crippen LogP contribution in [0.1, 0.15) is 45.4 Å². The topological polar surface area (TPSA) is 38.0 Å². The molecule has 0 fully saturated rings. The molecule has 0 saturated carbocycles. The molecule has 2 aromatic rings. The number of benzene rings is 1. The molecule has 0 atom stereocenters. The molecule has 0 aliphatic rings. The van der Waals surface area contributed by atoms with Gasteiger partial charge in [0.15, 0.2) is 0 Å². The van der Waals surface area contributed by atoms with Crippen molar-refractivity contribution in [2.24, 2.45) is 0 Å². The first kappa shape index (κ1) is 13.7. The maximum Gasteiger partial charge on any atom is 0.218 e. The van der Waals surface area contributed by atoms with Crippen LogP contribution >= 0.6 is 0 Å². The highest BCUT2D eigenvalue weighted by Crippen LogP contribution is 2.35. The van der Waals surface area contributed by atoms with Gasteiger partial charge in [-0.1, -0.05) is 52.3 Å². The summed E-state index contributed by atoms with van der Waals surface area (Å²) in [7, 11) is 0. The van der Waals surface area contributed by atoms with Gasteiger partial charge in [0, 0.05) is 5.56 Å². The summed E-state index contributed by atoms with van der Waals surface area (Å²) in [5, 5.41) is 15.1. The van der Waals surface area contributed by atoms with E-state index in [1.54, 1.807) is 4.68 Å². The molecule has 0 bridgehead atoms. The van der Waals surface area contributed by atoms with Crippen molar-refractivity contribution in [1.82, 2.24) is 9.78 Å². The van der Waals surface area contributed by atoms with Crippen LogP contribution < -0.4 is 0 Å². The number of aromatic nitrogens is 2. The van der Waals surface area contributed by atoms with Gasteiger partial charge in [-0.05, 0) is 24.0 Å². The van der Waals surface area contributed by atoms with Crippen LogP contribution in [0.2, 0.25) is 0 Å². The van der Waals surface area contributed by atoms with Gasteiger partial charge < -0.3 is 5.11 Å². The van der Waals surface area contributed by atoms with Crippen LogP contribution in [0.25, 0.3) is 5.69 Å². The van der Waals surface area contributed by atoms with Crippen molar-refractivity contribution in [3.05, 3.63) is 41.6 Å². The summed E-state index contributed by atoms with van der Waals surface area (Å²) in [6.45, 7) is 8.46. The second-order valence-electron chi connectivity index (χ2n) is 5.89. The van der Waals surface area contributed by atoms with Crippen LogP contribution in [0, 0.1) is 0 Å². The molecule has 1 aromatic carbocycles. The minimum absolute atomic E-state index is 0.110. The molecule has 0 saturated heterocycles. The molecule has 1 aromatic heterocycles. The van der Waals surface area contributed by atoms with Crippen molar-refractivity contribution in [3.63, 3.8) is 0 Å². The zero-order chi connectivity index (χ0) is 14.0. The van der Waals surface area contributed by atoms with Crippen molar-refractivity contribution in [2.75, 3.05) is 0 Å². The summed E-state index contributed by atoms with van der Waals surface area (Å²) in [5.41, 5.74) is 2.74. The van der Waals surface area contributed by atoms with E-state index in [0.29, 0.717) is 0 Å². The van der Waals surface area contributed by atoms with E-state index in [-0.39, 0.29) is 11.3 Å². The summed E-state index contributed by atoms with van der Waals surface area (Å²) in [6.07, 6.45) is 1.91. The Morgan fingerprint density at radius 3 is 2.32 bits per heavy atom. The van der Waals surface area contributed by atoms with Crippen molar-refractivity contribution in [1.29, 1.82) is 0 Å². The third-order valence-electron chi connectivity index (χ3n) is 3.17. The number of aromatic hydroxyl groups is 1. The molecule has 3 heteroatoms. The molecule has 19 heavy (non-hydrogen) atoms. The zero-order valence-corrected chi connectivity index (χ0v) is 12.1. The Bertz CT molecular complexity index is 550. The minimum Gasteiger partial charge on any atom is -0.493 e. The highest BCUT2D eigenvalue weighted by Gasteiger charge is 2.27. The van der Waals surface area contributed by atoms with Gasteiger partial charge >= 0.3 is 0 Å². The summed E-state index contributed by atoms with van der Waals surface area (Å²) < 4.78 is 1.64. The molecule has 0 amide bonds. The molecule has 0 spiro atoms. The molecule has 1 heterocycles. The van der Waals surface area contributed by atoms with E-state index in [2.05, 4.69) is 32.8 Å². The van der Waals surface area contributed by atoms with Gasteiger partial charge in [0.25, 0.3) is 0 Å². The largest absolute Gasteiger partial charge is 0.493 e. The Balaban J connectivity index is 2.59. The molecule has 0 aliphatic carbocycles. The van der Waals surface area contributed by atoms with Gasteiger partial charge in [-0.15, -0.1) is 0 Å². The van der Waals surface area contributed by atoms with E-state index in [4.69, 9.17) is 0 Å². The fourth-order valence-electron chi connectivity index (χ4n) is 2.38. The third-order valence-corrected chi connectivity index (χ3v) is 3.17. The van der Waals surface area contributed by atoms with Crippen molar-refractivity contribution >= 4 is 0 Å². The van der Waals surface area contributed by atoms with Crippen molar-refractivity contribution < 1.29 is 5.11 Å². The third kappa shape index (κ3) is 2.65. The second-order valence-corrected chi connectivity index (χ2v) is 5.89. The van der Waals surface area contributed by atoms with Crippen LogP contribution in [-0.2, 0) is 11.8 Å². The number of para-hydroxylation sites is 1. The average molecular weight is 258 g/mol. The monoisotopic (exact) mass is 258 g/mol. The summed E-state index contributed by atoms with van der Waals surface area (Å²) in [6, 6.07) is 9.77. The van der Waals surface area contributed by atoms with Gasteiger partial charge in [-0.3, -0.25) is 0 Å². The summed E-state index contributed by atoms with van der Waals surface area (Å²) in [4.78, 5) is 0. The molecule has 1 N–H and O–H groups in total. The van der Waals surface area contributed by atoms with Gasteiger partial charge in [-0.2, -0.15) is 5.10 Å². The SMILES string of the molecule is CCCc1nn(-c2ccccc2)c(O)c1C(C)(C)C. The van der Waals surface area contributed by atoms with Crippen LogP contribution in [0.4, 0.5) is 0 Å². The molecule has 0 aliphatic heterocycles. The smallest absolute Gasteiger partial charge is 0.218 e. The molecule has 0 radical (unpaired) electrons. The fourth-order valence-corrected chi connectivity index (χ4v) is 2.38. The van der Waals surface area contributed by atoms with Crippen LogP contribution in [-0.4, -0.2) is 14.9 Å². The Kier molecular flexibility index (Phi) is 3.65. The summed E-state index contributed by atoms with van der Waals surface area (Å²) in [5.74, 6) is 0.266. The Hall–Kier alpha value is -1.77. The van der Waals surface area contributed by atoms with Crippen LogP contribution in [0.15, 0.2) is 30.3 Å². The Morgan fingerprint density at radius 1 is 1.16 bits per heavy atom. The number of hydrogen-bond donors (Lipinski definition) is 1. The predicted octanol–water partition coefficient (Wildman–Crippen LogP) is 3.83. The molecular weight excluding hydrogens is 236 g/mol. The van der Waals surface area contributed by atoms with Gasteiger partial charge in [0.1, 0.15) is 0 Å². The molecule has 102 valence electrons. The Morgan fingerprint density at radius 2 is 1.79 bits per heavy atom. The van der Waals surface area contributed by atoms with E-state index < -0.39 is 0 Å². The van der Waals surface area contributed by atoms with Gasteiger partial charge in [0.2, 0.25) is 5.88 Å². The van der Waals surface area contributed by atoms with Gasteiger partial charge in [0.05, 0.1) is 11.4 Å². The molecule has 0 unspecified atom stereocenters. The maximum absolute atomic E-state index is 10.5. The number of rotatable bonds is 3. The highest BCUT2D eigenvalue weighted by molar-refractivity contribution is 5.43. The molecular formula is C16H22N2O.